The quantitative estimate of drug-likeness (QED) is 0.515. The highest BCUT2D eigenvalue weighted by atomic mass is 79.9. The fourth-order valence-electron chi connectivity index (χ4n) is 4.66. The number of carbonyl (C=O) groups is 1. The number of carboxylic acids is 1. The molecule has 7 nitrogen and oxygen atoms in total. The first-order chi connectivity index (χ1) is 15.5. The maximum absolute atomic E-state index is 11.3. The van der Waals surface area contributed by atoms with Crippen LogP contribution in [0.5, 0.6) is 0 Å². The zero-order valence-corrected chi connectivity index (χ0v) is 19.1. The van der Waals surface area contributed by atoms with Gasteiger partial charge in [-0.1, -0.05) is 24.3 Å². The molecule has 0 aliphatic heterocycles. The summed E-state index contributed by atoms with van der Waals surface area (Å²) >= 11 is 3.61. The van der Waals surface area contributed by atoms with E-state index in [1.807, 2.05) is 12.3 Å². The number of aromatic nitrogens is 4. The average molecular weight is 494 g/mol. The average Bonchev–Trinajstić information content (AvgIpc) is 3.26. The van der Waals surface area contributed by atoms with Gasteiger partial charge in [0.2, 0.25) is 0 Å². The number of nitrogens with zero attached hydrogens (tertiary/aromatic N) is 4. The van der Waals surface area contributed by atoms with Crippen molar-refractivity contribution >= 4 is 38.9 Å². The van der Waals surface area contributed by atoms with Gasteiger partial charge in [-0.2, -0.15) is 9.61 Å². The molecule has 3 aromatic heterocycles. The highest BCUT2D eigenvalue weighted by Gasteiger charge is 2.30. The zero-order chi connectivity index (χ0) is 22.2. The van der Waals surface area contributed by atoms with Crippen molar-refractivity contribution in [2.24, 2.45) is 5.92 Å². The van der Waals surface area contributed by atoms with Crippen LogP contribution >= 0.6 is 15.9 Å². The van der Waals surface area contributed by atoms with Gasteiger partial charge in [-0.25, -0.2) is 4.98 Å². The van der Waals surface area contributed by atoms with Crippen LogP contribution in [0.1, 0.15) is 55.8 Å². The smallest absolute Gasteiger partial charge is 0.306 e. The van der Waals surface area contributed by atoms with Crippen LogP contribution in [-0.4, -0.2) is 30.7 Å². The lowest BCUT2D eigenvalue weighted by Crippen LogP contribution is -2.21. The lowest BCUT2D eigenvalue weighted by Gasteiger charge is -2.26. The number of halogens is 1. The Bertz CT molecular complexity index is 1240. The molecule has 5 rings (SSSR count). The Morgan fingerprint density at radius 3 is 2.66 bits per heavy atom. The molecule has 2 aliphatic carbocycles. The number of hydrogen-bond acceptors (Lipinski definition) is 5. The fourth-order valence-corrected chi connectivity index (χ4v) is 5.24. The Kier molecular flexibility index (Phi) is 5.55. The number of nitrogen functional groups attached to an aromatic ring is 1. The van der Waals surface area contributed by atoms with Crippen LogP contribution in [0.2, 0.25) is 0 Å². The molecule has 1 saturated carbocycles. The van der Waals surface area contributed by atoms with Crippen molar-refractivity contribution in [2.45, 2.75) is 44.4 Å². The van der Waals surface area contributed by atoms with Crippen LogP contribution in [0.3, 0.4) is 0 Å². The Balaban J connectivity index is 1.49. The molecule has 0 saturated heterocycles. The highest BCUT2D eigenvalue weighted by Crippen LogP contribution is 2.40. The van der Waals surface area contributed by atoms with Crippen LogP contribution in [0, 0.1) is 5.92 Å². The first kappa shape index (κ1) is 20.9. The van der Waals surface area contributed by atoms with E-state index in [2.05, 4.69) is 50.3 Å². The Morgan fingerprint density at radius 1 is 1.19 bits per heavy atom. The summed E-state index contributed by atoms with van der Waals surface area (Å²) in [6, 6.07) is 4.09. The van der Waals surface area contributed by atoms with Crippen molar-refractivity contribution in [3.8, 4) is 11.1 Å². The fraction of sp³-hybridized carbons (Fsp3) is 0.333. The molecule has 8 heteroatoms. The predicted molar refractivity (Wildman–Crippen MR) is 127 cm³/mol. The van der Waals surface area contributed by atoms with E-state index in [1.54, 1.807) is 10.7 Å². The minimum Gasteiger partial charge on any atom is -0.481 e. The standard InChI is InChI=1S/C24H24BrN5O2/c25-20-21(15-6-8-16(9-7-15)24(31)32)29-23-18(13-28-30(23)22(20)26)17-10-11-19(27-12-17)14-4-2-1-3-5-14/h1-2,4,10-13,15-16H,3,5-9,26H2,(H,31,32)/t15-,16-. The topological polar surface area (TPSA) is 106 Å². The molecule has 0 spiro atoms. The molecule has 0 bridgehead atoms. The van der Waals surface area contributed by atoms with Crippen molar-refractivity contribution < 1.29 is 9.90 Å². The maximum Gasteiger partial charge on any atom is 0.306 e. The predicted octanol–water partition coefficient (Wildman–Crippen LogP) is 5.23. The molecule has 164 valence electrons. The number of nitrogens with two attached hydrogens (primary N) is 1. The number of pyridine rings is 1. The minimum absolute atomic E-state index is 0.168. The Labute approximate surface area is 194 Å². The molecule has 0 atom stereocenters. The number of allylic oxidation sites excluding steroid dienone is 4. The van der Waals surface area contributed by atoms with Gasteiger partial charge in [-0.05, 0) is 66.1 Å². The number of hydrogen-bond donors (Lipinski definition) is 2. The summed E-state index contributed by atoms with van der Waals surface area (Å²) in [5, 5.41) is 13.8. The third-order valence-corrected chi connectivity index (χ3v) is 7.34. The Morgan fingerprint density at radius 2 is 2.00 bits per heavy atom. The van der Waals surface area contributed by atoms with E-state index in [0.717, 1.165) is 52.7 Å². The summed E-state index contributed by atoms with van der Waals surface area (Å²) in [5.74, 6) is -0.308. The van der Waals surface area contributed by atoms with Gasteiger partial charge in [0.05, 0.1) is 28.0 Å². The van der Waals surface area contributed by atoms with Gasteiger partial charge in [-0.3, -0.25) is 9.78 Å². The van der Waals surface area contributed by atoms with Crippen LogP contribution in [0.25, 0.3) is 22.3 Å². The third kappa shape index (κ3) is 3.72. The summed E-state index contributed by atoms with van der Waals surface area (Å²) in [5.41, 5.74) is 12.0. The zero-order valence-electron chi connectivity index (χ0n) is 17.5. The molecule has 32 heavy (non-hydrogen) atoms. The van der Waals surface area contributed by atoms with Crippen molar-refractivity contribution in [2.75, 3.05) is 5.73 Å². The van der Waals surface area contributed by atoms with Gasteiger partial charge in [0.15, 0.2) is 5.65 Å². The molecule has 2 aliphatic rings. The first-order valence-corrected chi connectivity index (χ1v) is 11.7. The van der Waals surface area contributed by atoms with E-state index >= 15 is 0 Å². The minimum atomic E-state index is -0.709. The van der Waals surface area contributed by atoms with Crippen molar-refractivity contribution in [3.63, 3.8) is 0 Å². The van der Waals surface area contributed by atoms with Gasteiger partial charge in [0.1, 0.15) is 5.82 Å². The molecule has 0 radical (unpaired) electrons. The van der Waals surface area contributed by atoms with E-state index in [4.69, 9.17) is 10.7 Å². The molecule has 3 heterocycles. The van der Waals surface area contributed by atoms with Gasteiger partial charge in [0.25, 0.3) is 0 Å². The van der Waals surface area contributed by atoms with E-state index < -0.39 is 5.97 Å². The van der Waals surface area contributed by atoms with Crippen LogP contribution in [-0.2, 0) is 4.79 Å². The molecular formula is C24H24BrN5O2. The summed E-state index contributed by atoms with van der Waals surface area (Å²) in [6.07, 6.45) is 14.9. The van der Waals surface area contributed by atoms with Crippen LogP contribution < -0.4 is 5.73 Å². The van der Waals surface area contributed by atoms with E-state index in [-0.39, 0.29) is 11.8 Å². The van der Waals surface area contributed by atoms with Crippen molar-refractivity contribution in [3.05, 3.63) is 58.6 Å². The second-order valence-electron chi connectivity index (χ2n) is 8.47. The first-order valence-electron chi connectivity index (χ1n) is 10.9. The van der Waals surface area contributed by atoms with Crippen LogP contribution in [0.4, 0.5) is 5.82 Å². The third-order valence-electron chi connectivity index (χ3n) is 6.53. The molecule has 0 aromatic carbocycles. The van der Waals surface area contributed by atoms with Crippen molar-refractivity contribution in [1.82, 2.24) is 19.6 Å². The normalized spacial score (nSPS) is 21.0. The van der Waals surface area contributed by atoms with Crippen LogP contribution in [0.15, 0.2) is 47.2 Å². The van der Waals surface area contributed by atoms with Gasteiger partial charge < -0.3 is 10.8 Å². The molecule has 1 fully saturated rings. The van der Waals surface area contributed by atoms with Gasteiger partial charge in [-0.15, -0.1) is 0 Å². The molecule has 3 aromatic rings. The lowest BCUT2D eigenvalue weighted by atomic mass is 9.80. The summed E-state index contributed by atoms with van der Waals surface area (Å²) in [7, 11) is 0. The second-order valence-corrected chi connectivity index (χ2v) is 9.26. The van der Waals surface area contributed by atoms with Gasteiger partial charge >= 0.3 is 5.97 Å². The molecular weight excluding hydrogens is 470 g/mol. The molecule has 0 amide bonds. The summed E-state index contributed by atoms with van der Waals surface area (Å²) in [4.78, 5) is 21.0. The molecule has 0 unspecified atom stereocenters. The number of rotatable bonds is 4. The maximum atomic E-state index is 11.3. The summed E-state index contributed by atoms with van der Waals surface area (Å²) in [6.45, 7) is 0. The van der Waals surface area contributed by atoms with E-state index in [1.165, 1.54) is 5.57 Å². The van der Waals surface area contributed by atoms with E-state index in [9.17, 15) is 9.90 Å². The van der Waals surface area contributed by atoms with Gasteiger partial charge in [0, 0.05) is 23.2 Å². The monoisotopic (exact) mass is 493 g/mol. The highest BCUT2D eigenvalue weighted by molar-refractivity contribution is 9.10. The number of fused-ring (bicyclic) bond motifs is 1. The molecule has 3 N–H and O–H groups in total. The number of anilines is 1. The largest absolute Gasteiger partial charge is 0.481 e. The second kappa shape index (κ2) is 8.50. The number of carboxylic acid groups (broad SMARTS) is 1. The van der Waals surface area contributed by atoms with E-state index in [0.29, 0.717) is 24.3 Å². The summed E-state index contributed by atoms with van der Waals surface area (Å²) < 4.78 is 2.39. The SMILES string of the molecule is Nc1c(Br)c([C@H]2CC[C@H](C(=O)O)CC2)nc2c(-c3ccc(C4=CC=CCC4)nc3)cnn12. The number of aliphatic carboxylic acids is 1. The van der Waals surface area contributed by atoms with Crippen molar-refractivity contribution in [1.29, 1.82) is 0 Å². The lowest BCUT2D eigenvalue weighted by molar-refractivity contribution is -0.142. The Hall–Kier alpha value is -3.00.